The Bertz CT molecular complexity index is 813. The number of hydrogen-bond donors (Lipinski definition) is 3. The highest BCUT2D eigenvalue weighted by Gasteiger charge is 2.41. The van der Waals surface area contributed by atoms with Crippen LogP contribution >= 0.6 is 0 Å². The van der Waals surface area contributed by atoms with Gasteiger partial charge in [-0.15, -0.1) is 0 Å². The van der Waals surface area contributed by atoms with E-state index in [9.17, 15) is 9.59 Å². The minimum atomic E-state index is -0.546. The van der Waals surface area contributed by atoms with Crippen molar-refractivity contribution >= 4 is 17.6 Å². The molecule has 1 aliphatic rings. The van der Waals surface area contributed by atoms with Gasteiger partial charge in [-0.25, -0.2) is 4.79 Å². The molecule has 0 aliphatic carbocycles. The summed E-state index contributed by atoms with van der Waals surface area (Å²) in [6.45, 7) is 5.42. The molecular weight excluding hydrogens is 366 g/mol. The summed E-state index contributed by atoms with van der Waals surface area (Å²) in [5, 5.41) is 8.68. The highest BCUT2D eigenvalue weighted by molar-refractivity contribution is 5.89. The van der Waals surface area contributed by atoms with Gasteiger partial charge in [0.05, 0.1) is 5.41 Å². The monoisotopic (exact) mass is 395 g/mol. The largest absolute Gasteiger partial charge is 0.381 e. The van der Waals surface area contributed by atoms with Crippen molar-refractivity contribution in [2.45, 2.75) is 44.7 Å². The summed E-state index contributed by atoms with van der Waals surface area (Å²) in [6, 6.07) is 17.3. The maximum Gasteiger partial charge on any atom is 0.319 e. The molecule has 0 unspecified atom stereocenters. The van der Waals surface area contributed by atoms with Gasteiger partial charge in [0, 0.05) is 31.5 Å². The van der Waals surface area contributed by atoms with E-state index < -0.39 is 5.41 Å². The van der Waals surface area contributed by atoms with Crippen LogP contribution in [0.4, 0.5) is 10.5 Å². The Hall–Kier alpha value is -2.86. The molecule has 2 aromatic rings. The summed E-state index contributed by atoms with van der Waals surface area (Å²) < 4.78 is 5.51. The molecule has 6 nitrogen and oxygen atoms in total. The Kier molecular flexibility index (Phi) is 6.88. The van der Waals surface area contributed by atoms with Gasteiger partial charge in [-0.05, 0) is 49.9 Å². The number of carbonyl (C=O) groups excluding carboxylic acids is 2. The van der Waals surface area contributed by atoms with Gasteiger partial charge in [-0.1, -0.05) is 42.5 Å². The quantitative estimate of drug-likeness (QED) is 0.699. The molecule has 3 N–H and O–H groups in total. The minimum Gasteiger partial charge on any atom is -0.381 e. The molecule has 0 radical (unpaired) electrons. The first-order chi connectivity index (χ1) is 14.0. The molecule has 1 saturated heterocycles. The van der Waals surface area contributed by atoms with E-state index in [1.54, 1.807) is 0 Å². The molecule has 3 rings (SSSR count). The van der Waals surface area contributed by atoms with E-state index in [2.05, 4.69) is 16.0 Å². The summed E-state index contributed by atoms with van der Waals surface area (Å²) in [5.41, 5.74) is 2.18. The lowest BCUT2D eigenvalue weighted by atomic mass is 9.73. The molecule has 1 heterocycles. The van der Waals surface area contributed by atoms with Crippen molar-refractivity contribution in [3.63, 3.8) is 0 Å². The third kappa shape index (κ3) is 5.35. The topological polar surface area (TPSA) is 79.5 Å². The van der Waals surface area contributed by atoms with Crippen molar-refractivity contribution in [2.75, 3.05) is 18.5 Å². The average molecular weight is 396 g/mol. The van der Waals surface area contributed by atoms with Crippen molar-refractivity contribution in [3.05, 3.63) is 65.7 Å². The Morgan fingerprint density at radius 1 is 1.00 bits per heavy atom. The van der Waals surface area contributed by atoms with E-state index in [1.807, 2.05) is 68.4 Å². The summed E-state index contributed by atoms with van der Waals surface area (Å²) in [6.07, 6.45) is 1.35. The number of anilines is 1. The first-order valence-electron chi connectivity index (χ1n) is 10.1. The van der Waals surface area contributed by atoms with Crippen molar-refractivity contribution in [1.29, 1.82) is 0 Å². The van der Waals surface area contributed by atoms with Crippen molar-refractivity contribution in [2.24, 2.45) is 0 Å². The highest BCUT2D eigenvalue weighted by atomic mass is 16.5. The normalized spacial score (nSPS) is 15.6. The molecule has 0 spiro atoms. The summed E-state index contributed by atoms with van der Waals surface area (Å²) >= 11 is 0. The van der Waals surface area contributed by atoms with E-state index in [-0.39, 0.29) is 18.0 Å². The molecule has 0 aromatic heterocycles. The Morgan fingerprint density at radius 3 is 2.28 bits per heavy atom. The van der Waals surface area contributed by atoms with Gasteiger partial charge >= 0.3 is 6.03 Å². The Morgan fingerprint density at radius 2 is 1.66 bits per heavy atom. The van der Waals surface area contributed by atoms with Crippen LogP contribution in [-0.4, -0.2) is 31.2 Å². The van der Waals surface area contributed by atoms with E-state index in [1.165, 1.54) is 0 Å². The predicted octanol–water partition coefficient (Wildman–Crippen LogP) is 3.58. The van der Waals surface area contributed by atoms with E-state index >= 15 is 0 Å². The molecular formula is C23H29N3O3. The van der Waals surface area contributed by atoms with Crippen molar-refractivity contribution in [3.8, 4) is 0 Å². The third-order valence-corrected chi connectivity index (χ3v) is 5.19. The molecule has 2 aromatic carbocycles. The second kappa shape index (κ2) is 9.56. The van der Waals surface area contributed by atoms with Gasteiger partial charge in [0.2, 0.25) is 5.91 Å². The van der Waals surface area contributed by atoms with E-state index in [4.69, 9.17) is 4.74 Å². The first kappa shape index (κ1) is 20.9. The predicted molar refractivity (Wildman–Crippen MR) is 114 cm³/mol. The summed E-state index contributed by atoms with van der Waals surface area (Å²) in [7, 11) is 0. The zero-order valence-electron chi connectivity index (χ0n) is 17.0. The molecule has 0 atom stereocenters. The fourth-order valence-electron chi connectivity index (χ4n) is 3.61. The summed E-state index contributed by atoms with van der Waals surface area (Å²) in [4.78, 5) is 25.0. The lowest BCUT2D eigenvalue weighted by Crippen LogP contribution is -2.47. The minimum absolute atomic E-state index is 0.0329. The van der Waals surface area contributed by atoms with Crippen LogP contribution in [0.3, 0.4) is 0 Å². The van der Waals surface area contributed by atoms with Crippen molar-refractivity contribution in [1.82, 2.24) is 10.6 Å². The molecule has 0 bridgehead atoms. The van der Waals surface area contributed by atoms with Crippen LogP contribution in [0, 0.1) is 0 Å². The Labute approximate surface area is 172 Å². The number of nitrogens with one attached hydrogen (secondary N) is 3. The molecule has 154 valence electrons. The van der Waals surface area contributed by atoms with Crippen LogP contribution in [0.5, 0.6) is 0 Å². The number of carbonyl (C=O) groups is 2. The smallest absolute Gasteiger partial charge is 0.319 e. The van der Waals surface area contributed by atoms with E-state index in [0.717, 1.165) is 11.1 Å². The maximum atomic E-state index is 13.2. The number of rotatable bonds is 6. The van der Waals surface area contributed by atoms with E-state index in [0.29, 0.717) is 38.3 Å². The van der Waals surface area contributed by atoms with Crippen LogP contribution in [0.25, 0.3) is 0 Å². The first-order valence-corrected chi connectivity index (χ1v) is 10.1. The van der Waals surface area contributed by atoms with Gasteiger partial charge < -0.3 is 20.7 Å². The number of urea groups is 1. The third-order valence-electron chi connectivity index (χ3n) is 5.19. The molecule has 29 heavy (non-hydrogen) atoms. The zero-order chi connectivity index (χ0) is 20.7. The van der Waals surface area contributed by atoms with Crippen LogP contribution in [-0.2, 0) is 21.5 Å². The van der Waals surface area contributed by atoms with Gasteiger partial charge in [-0.2, -0.15) is 0 Å². The summed E-state index contributed by atoms with van der Waals surface area (Å²) in [5.74, 6) is 0.0329. The lowest BCUT2D eigenvalue weighted by Gasteiger charge is -2.36. The SMILES string of the molecule is CC(C)NC(=O)Nc1ccc(CNC(=O)C2(c3ccccc3)CCOCC2)cc1. The molecule has 6 heteroatoms. The standard InChI is InChI=1S/C23H29N3O3/c1-17(2)25-22(28)26-20-10-8-18(9-11-20)16-24-21(27)23(12-14-29-15-13-23)19-6-4-3-5-7-19/h3-11,17H,12-16H2,1-2H3,(H,24,27)(H2,25,26,28). The van der Waals surface area contributed by atoms with Crippen molar-refractivity contribution < 1.29 is 14.3 Å². The molecule has 1 aliphatic heterocycles. The van der Waals surface area contributed by atoms with Gasteiger partial charge in [0.25, 0.3) is 0 Å². The number of hydrogen-bond acceptors (Lipinski definition) is 3. The Balaban J connectivity index is 1.62. The average Bonchev–Trinajstić information content (AvgIpc) is 2.73. The number of ether oxygens (including phenoxy) is 1. The molecule has 0 saturated carbocycles. The zero-order valence-corrected chi connectivity index (χ0v) is 17.0. The molecule has 1 fully saturated rings. The second-order valence-corrected chi connectivity index (χ2v) is 7.69. The second-order valence-electron chi connectivity index (χ2n) is 7.69. The highest BCUT2D eigenvalue weighted by Crippen LogP contribution is 2.35. The maximum absolute atomic E-state index is 13.2. The van der Waals surface area contributed by atoms with Gasteiger partial charge in [-0.3, -0.25) is 4.79 Å². The number of benzene rings is 2. The fraction of sp³-hybridized carbons (Fsp3) is 0.391. The van der Waals surface area contributed by atoms with Gasteiger partial charge in [0.15, 0.2) is 0 Å². The van der Waals surface area contributed by atoms with Crippen LogP contribution in [0.15, 0.2) is 54.6 Å². The van der Waals surface area contributed by atoms with Crippen LogP contribution in [0.2, 0.25) is 0 Å². The molecule has 3 amide bonds. The van der Waals surface area contributed by atoms with Crippen LogP contribution in [0.1, 0.15) is 37.8 Å². The fourth-order valence-corrected chi connectivity index (χ4v) is 3.61. The van der Waals surface area contributed by atoms with Gasteiger partial charge in [0.1, 0.15) is 0 Å². The van der Waals surface area contributed by atoms with Crippen LogP contribution < -0.4 is 16.0 Å². The lowest BCUT2D eigenvalue weighted by molar-refractivity contribution is -0.130. The number of amides is 3.